The predicted molar refractivity (Wildman–Crippen MR) is 114 cm³/mol. The molecule has 1 aliphatic rings. The van der Waals surface area contributed by atoms with Crippen LogP contribution in [0.25, 0.3) is 10.8 Å². The first kappa shape index (κ1) is 23.2. The van der Waals surface area contributed by atoms with E-state index < -0.39 is 47.4 Å². The fourth-order valence-corrected chi connectivity index (χ4v) is 3.87. The Hall–Kier alpha value is -3.95. The number of rotatable bonds is 7. The molecule has 176 valence electrons. The number of halogens is 4. The fourth-order valence-electron chi connectivity index (χ4n) is 3.87. The molecule has 34 heavy (non-hydrogen) atoms. The van der Waals surface area contributed by atoms with Crippen LogP contribution in [0.2, 0.25) is 0 Å². The van der Waals surface area contributed by atoms with Crippen molar-refractivity contribution in [2.24, 2.45) is 0 Å². The highest BCUT2D eigenvalue weighted by Crippen LogP contribution is 2.46. The second-order valence-electron chi connectivity index (χ2n) is 7.39. The first-order chi connectivity index (χ1) is 16.2. The number of benzene rings is 3. The number of alkyl halides is 3. The second kappa shape index (κ2) is 8.77. The summed E-state index contributed by atoms with van der Waals surface area (Å²) in [6.07, 6.45) is -4.21. The Balaban J connectivity index is 1.95. The number of hydrogen-bond donors (Lipinski definition) is 0. The average Bonchev–Trinajstić information content (AvgIpc) is 3.03. The quantitative estimate of drug-likeness (QED) is 0.277. The summed E-state index contributed by atoms with van der Waals surface area (Å²) in [4.78, 5) is 38.0. The summed E-state index contributed by atoms with van der Waals surface area (Å²) in [5.41, 5.74) is -0.830. The highest BCUT2D eigenvalue weighted by molar-refractivity contribution is 6.38. The number of carbonyl (C=O) groups is 3. The van der Waals surface area contributed by atoms with Gasteiger partial charge >= 0.3 is 6.18 Å². The van der Waals surface area contributed by atoms with Gasteiger partial charge in [-0.05, 0) is 24.6 Å². The van der Waals surface area contributed by atoms with Crippen molar-refractivity contribution >= 4 is 34.6 Å². The van der Waals surface area contributed by atoms with E-state index in [9.17, 15) is 31.9 Å². The number of aldehydes is 1. The smallest absolute Gasteiger partial charge is 0.422 e. The second-order valence-corrected chi connectivity index (χ2v) is 7.39. The minimum Gasteiger partial charge on any atom is -0.492 e. The van der Waals surface area contributed by atoms with E-state index in [1.807, 2.05) is 0 Å². The third-order valence-electron chi connectivity index (χ3n) is 5.20. The molecule has 6 nitrogen and oxygen atoms in total. The van der Waals surface area contributed by atoms with Gasteiger partial charge in [-0.25, -0.2) is 9.29 Å². The molecule has 0 N–H and O–H groups in total. The van der Waals surface area contributed by atoms with Crippen LogP contribution in [-0.2, 0) is 11.2 Å². The summed E-state index contributed by atoms with van der Waals surface area (Å²) in [6, 6.07) is 9.64. The highest BCUT2D eigenvalue weighted by Gasteiger charge is 2.45. The Kier molecular flexibility index (Phi) is 5.99. The number of imide groups is 1. The lowest BCUT2D eigenvalue weighted by Crippen LogP contribution is -2.30. The van der Waals surface area contributed by atoms with E-state index in [0.29, 0.717) is 16.7 Å². The van der Waals surface area contributed by atoms with Crippen LogP contribution in [0.1, 0.15) is 33.2 Å². The van der Waals surface area contributed by atoms with Gasteiger partial charge in [-0.2, -0.15) is 13.2 Å². The Labute approximate surface area is 190 Å². The summed E-state index contributed by atoms with van der Waals surface area (Å²) in [7, 11) is 0. The maximum Gasteiger partial charge on any atom is 0.422 e. The van der Waals surface area contributed by atoms with E-state index >= 15 is 0 Å². The van der Waals surface area contributed by atoms with Crippen molar-refractivity contribution in [3.8, 4) is 11.5 Å². The van der Waals surface area contributed by atoms with Crippen LogP contribution in [0.15, 0.2) is 42.5 Å². The minimum atomic E-state index is -4.71. The largest absolute Gasteiger partial charge is 0.492 e. The normalized spacial score (nSPS) is 13.4. The van der Waals surface area contributed by atoms with Gasteiger partial charge in [0.05, 0.1) is 23.4 Å². The van der Waals surface area contributed by atoms with E-state index in [1.54, 1.807) is 13.0 Å². The molecule has 0 unspecified atom stereocenters. The van der Waals surface area contributed by atoms with Crippen LogP contribution in [0.4, 0.5) is 23.2 Å². The van der Waals surface area contributed by atoms with Crippen LogP contribution >= 0.6 is 0 Å². The molecule has 0 fully saturated rings. The van der Waals surface area contributed by atoms with Crippen molar-refractivity contribution in [2.75, 3.05) is 18.1 Å². The molecular weight excluding hydrogens is 458 g/mol. The van der Waals surface area contributed by atoms with Gasteiger partial charge in [0.15, 0.2) is 6.61 Å². The van der Waals surface area contributed by atoms with Gasteiger partial charge in [-0.1, -0.05) is 30.3 Å². The standard InChI is InChI=1S/C24H17F4NO5/c1-2-33-20-14-5-3-4-6-15(14)21(34-12-24(26,27)28)19-18(20)22(31)29(23(19)32)17-8-7-13(9-10-30)11-16(17)25/h3-8,10-11H,2,9,12H2,1H3. The van der Waals surface area contributed by atoms with Crippen LogP contribution in [0, 0.1) is 5.82 Å². The highest BCUT2D eigenvalue weighted by atomic mass is 19.4. The zero-order valence-corrected chi connectivity index (χ0v) is 17.7. The number of nitrogens with zero attached hydrogens (tertiary/aromatic N) is 1. The van der Waals surface area contributed by atoms with Crippen molar-refractivity contribution in [3.05, 3.63) is 65.0 Å². The first-order valence-corrected chi connectivity index (χ1v) is 10.2. The number of fused-ring (bicyclic) bond motifs is 2. The third-order valence-corrected chi connectivity index (χ3v) is 5.20. The maximum absolute atomic E-state index is 14.9. The van der Waals surface area contributed by atoms with E-state index in [1.165, 1.54) is 24.3 Å². The molecule has 0 spiro atoms. The Morgan fingerprint density at radius 3 is 2.03 bits per heavy atom. The van der Waals surface area contributed by atoms with Gasteiger partial charge in [-0.15, -0.1) is 0 Å². The van der Waals surface area contributed by atoms with Gasteiger partial charge < -0.3 is 14.3 Å². The minimum absolute atomic E-state index is 0.00806. The molecule has 0 aliphatic carbocycles. The average molecular weight is 475 g/mol. The SMILES string of the molecule is CCOc1c2c(c(OCC(F)(F)F)c3ccccc13)C(=O)N(c1ccc(CC=O)cc1F)C2=O. The molecular formula is C24H17F4NO5. The number of anilines is 1. The molecule has 0 atom stereocenters. The molecule has 10 heteroatoms. The van der Waals surface area contributed by atoms with Crippen molar-refractivity contribution in [1.82, 2.24) is 0 Å². The molecule has 0 saturated heterocycles. The summed E-state index contributed by atoms with van der Waals surface area (Å²) in [6.45, 7) is 0.0305. The molecule has 0 saturated carbocycles. The fraction of sp³-hybridized carbons (Fsp3) is 0.208. The molecule has 4 rings (SSSR count). The van der Waals surface area contributed by atoms with E-state index in [-0.39, 0.29) is 35.1 Å². The zero-order chi connectivity index (χ0) is 24.6. The lowest BCUT2D eigenvalue weighted by Gasteiger charge is -2.17. The summed E-state index contributed by atoms with van der Waals surface area (Å²) in [5, 5.41) is 0.406. The van der Waals surface area contributed by atoms with Crippen molar-refractivity contribution in [2.45, 2.75) is 19.5 Å². The summed E-state index contributed by atoms with van der Waals surface area (Å²) in [5.74, 6) is -3.41. The third kappa shape index (κ3) is 3.95. The zero-order valence-electron chi connectivity index (χ0n) is 17.7. The molecule has 0 bridgehead atoms. The number of amides is 2. The summed E-state index contributed by atoms with van der Waals surface area (Å²) >= 11 is 0. The van der Waals surface area contributed by atoms with E-state index in [2.05, 4.69) is 0 Å². The van der Waals surface area contributed by atoms with Crippen LogP contribution in [-0.4, -0.2) is 37.5 Å². The van der Waals surface area contributed by atoms with Crippen LogP contribution in [0.5, 0.6) is 11.5 Å². The van der Waals surface area contributed by atoms with E-state index in [0.717, 1.165) is 12.1 Å². The van der Waals surface area contributed by atoms with E-state index in [4.69, 9.17) is 9.47 Å². The van der Waals surface area contributed by atoms with Crippen molar-refractivity contribution in [3.63, 3.8) is 0 Å². The molecule has 1 heterocycles. The molecule has 2 amide bonds. The lowest BCUT2D eigenvalue weighted by atomic mass is 9.99. The van der Waals surface area contributed by atoms with Gasteiger partial charge in [0, 0.05) is 17.2 Å². The Morgan fingerprint density at radius 1 is 0.941 bits per heavy atom. The maximum atomic E-state index is 14.9. The van der Waals surface area contributed by atoms with Gasteiger partial charge in [0.2, 0.25) is 0 Å². The number of hydrogen-bond acceptors (Lipinski definition) is 5. The van der Waals surface area contributed by atoms with Crippen LogP contribution in [0.3, 0.4) is 0 Å². The van der Waals surface area contributed by atoms with Crippen molar-refractivity contribution < 1.29 is 41.4 Å². The monoisotopic (exact) mass is 475 g/mol. The number of ether oxygens (including phenoxy) is 2. The number of carbonyl (C=O) groups excluding carboxylic acids is 3. The van der Waals surface area contributed by atoms with Gasteiger partial charge in [0.1, 0.15) is 23.6 Å². The van der Waals surface area contributed by atoms with Gasteiger partial charge in [-0.3, -0.25) is 9.59 Å². The van der Waals surface area contributed by atoms with Gasteiger partial charge in [0.25, 0.3) is 11.8 Å². The summed E-state index contributed by atoms with van der Waals surface area (Å²) < 4.78 is 64.4. The predicted octanol–water partition coefficient (Wildman–Crippen LogP) is 4.86. The molecule has 3 aromatic carbocycles. The Morgan fingerprint density at radius 2 is 1.53 bits per heavy atom. The lowest BCUT2D eigenvalue weighted by molar-refractivity contribution is -0.153. The molecule has 0 aromatic heterocycles. The Bertz CT molecular complexity index is 1320. The van der Waals surface area contributed by atoms with Crippen molar-refractivity contribution in [1.29, 1.82) is 0 Å². The topological polar surface area (TPSA) is 72.9 Å². The molecule has 3 aromatic rings. The molecule has 1 aliphatic heterocycles. The van der Waals surface area contributed by atoms with Crippen LogP contribution < -0.4 is 14.4 Å². The first-order valence-electron chi connectivity index (χ1n) is 10.2. The molecule has 0 radical (unpaired) electrons.